The van der Waals surface area contributed by atoms with Crippen LogP contribution in [0.25, 0.3) is 0 Å². The summed E-state index contributed by atoms with van der Waals surface area (Å²) < 4.78 is 15.8. The molecule has 1 unspecified atom stereocenters. The van der Waals surface area contributed by atoms with Gasteiger partial charge in [-0.15, -0.1) is 0 Å². The lowest BCUT2D eigenvalue weighted by Crippen LogP contribution is -2.36. The smallest absolute Gasteiger partial charge is 0.267 e. The predicted molar refractivity (Wildman–Crippen MR) is 74.8 cm³/mol. The third-order valence-corrected chi connectivity index (χ3v) is 2.63. The van der Waals surface area contributed by atoms with Crippen LogP contribution in [0.3, 0.4) is 0 Å². The zero-order valence-electron chi connectivity index (χ0n) is 11.7. The van der Waals surface area contributed by atoms with Gasteiger partial charge >= 0.3 is 0 Å². The standard InChI is InChI=1S/C14H22N2O4/c1-18-8-5-9-19-10-11-20-13(14(17)16-15)12-6-3-2-4-7-12/h2-4,6-7,13H,5,8-11,15H2,1H3,(H,16,17). The molecule has 3 N–H and O–H groups in total. The molecule has 0 saturated heterocycles. The number of methoxy groups -OCH3 is 1. The molecule has 1 aromatic rings. The highest BCUT2D eigenvalue weighted by Crippen LogP contribution is 2.16. The Balaban J connectivity index is 2.34. The van der Waals surface area contributed by atoms with Crippen molar-refractivity contribution >= 4 is 5.91 Å². The van der Waals surface area contributed by atoms with E-state index in [4.69, 9.17) is 20.1 Å². The Bertz CT molecular complexity index is 373. The number of hydrazine groups is 1. The van der Waals surface area contributed by atoms with Gasteiger partial charge < -0.3 is 14.2 Å². The molecule has 1 amide bonds. The van der Waals surface area contributed by atoms with Gasteiger partial charge in [0.25, 0.3) is 5.91 Å². The minimum atomic E-state index is -0.719. The van der Waals surface area contributed by atoms with E-state index in [1.807, 2.05) is 30.3 Å². The summed E-state index contributed by atoms with van der Waals surface area (Å²) in [6, 6.07) is 9.20. The molecular weight excluding hydrogens is 260 g/mol. The van der Waals surface area contributed by atoms with E-state index in [-0.39, 0.29) is 5.91 Å². The molecule has 0 aliphatic rings. The van der Waals surface area contributed by atoms with E-state index in [1.165, 1.54) is 0 Å². The number of carbonyl (C=O) groups is 1. The molecule has 0 aromatic heterocycles. The highest BCUT2D eigenvalue weighted by molar-refractivity contribution is 5.81. The second kappa shape index (κ2) is 10.3. The molecule has 0 spiro atoms. The molecule has 0 fully saturated rings. The summed E-state index contributed by atoms with van der Waals surface area (Å²) >= 11 is 0. The first-order valence-electron chi connectivity index (χ1n) is 6.53. The molecule has 0 aliphatic heterocycles. The van der Waals surface area contributed by atoms with E-state index in [0.717, 1.165) is 12.0 Å². The Morgan fingerprint density at radius 2 is 1.95 bits per heavy atom. The molecule has 0 radical (unpaired) electrons. The maximum atomic E-state index is 11.7. The second-order valence-corrected chi connectivity index (χ2v) is 4.13. The van der Waals surface area contributed by atoms with E-state index in [2.05, 4.69) is 5.43 Å². The molecule has 20 heavy (non-hydrogen) atoms. The summed E-state index contributed by atoms with van der Waals surface area (Å²) in [5, 5.41) is 0. The van der Waals surface area contributed by atoms with Crippen LogP contribution in [0.1, 0.15) is 18.1 Å². The lowest BCUT2D eigenvalue weighted by atomic mass is 10.1. The number of rotatable bonds is 10. The van der Waals surface area contributed by atoms with Gasteiger partial charge in [-0.25, -0.2) is 5.84 Å². The zero-order valence-corrected chi connectivity index (χ0v) is 11.7. The quantitative estimate of drug-likeness (QED) is 0.287. The minimum Gasteiger partial charge on any atom is -0.385 e. The van der Waals surface area contributed by atoms with Crippen molar-refractivity contribution in [3.05, 3.63) is 35.9 Å². The fourth-order valence-corrected chi connectivity index (χ4v) is 1.66. The summed E-state index contributed by atoms with van der Waals surface area (Å²) in [7, 11) is 1.65. The van der Waals surface area contributed by atoms with Gasteiger partial charge in [-0.05, 0) is 12.0 Å². The van der Waals surface area contributed by atoms with Crippen molar-refractivity contribution in [3.8, 4) is 0 Å². The van der Waals surface area contributed by atoms with E-state index >= 15 is 0 Å². The summed E-state index contributed by atoms with van der Waals surface area (Å²) in [5.74, 6) is 4.79. The summed E-state index contributed by atoms with van der Waals surface area (Å²) in [4.78, 5) is 11.7. The summed E-state index contributed by atoms with van der Waals surface area (Å²) in [6.45, 7) is 2.02. The SMILES string of the molecule is COCCCOCCOC(C(=O)NN)c1ccccc1. The van der Waals surface area contributed by atoms with Crippen LogP contribution in [-0.4, -0.2) is 39.4 Å². The molecule has 0 aliphatic carbocycles. The van der Waals surface area contributed by atoms with Gasteiger partial charge in [0.1, 0.15) is 0 Å². The molecular formula is C14H22N2O4. The molecule has 0 heterocycles. The number of amides is 1. The fourth-order valence-electron chi connectivity index (χ4n) is 1.66. The Labute approximate surface area is 119 Å². The molecule has 1 atom stereocenters. The van der Waals surface area contributed by atoms with Crippen molar-refractivity contribution in [2.75, 3.05) is 33.5 Å². The van der Waals surface area contributed by atoms with Crippen LogP contribution >= 0.6 is 0 Å². The average molecular weight is 282 g/mol. The van der Waals surface area contributed by atoms with Gasteiger partial charge in [0.05, 0.1) is 13.2 Å². The van der Waals surface area contributed by atoms with E-state index < -0.39 is 6.10 Å². The van der Waals surface area contributed by atoms with E-state index in [0.29, 0.717) is 26.4 Å². The maximum Gasteiger partial charge on any atom is 0.267 e. The van der Waals surface area contributed by atoms with Crippen molar-refractivity contribution in [2.45, 2.75) is 12.5 Å². The van der Waals surface area contributed by atoms with E-state index in [9.17, 15) is 4.79 Å². The predicted octanol–water partition coefficient (Wildman–Crippen LogP) is 0.787. The molecule has 0 saturated carbocycles. The topological polar surface area (TPSA) is 82.8 Å². The summed E-state index contributed by atoms with van der Waals surface area (Å²) in [5.41, 5.74) is 2.87. The first-order chi connectivity index (χ1) is 9.79. The van der Waals surface area contributed by atoms with Crippen LogP contribution < -0.4 is 11.3 Å². The Hall–Kier alpha value is -1.47. The number of ether oxygens (including phenoxy) is 3. The minimum absolute atomic E-state index is 0.319. The van der Waals surface area contributed by atoms with Crippen LogP contribution in [0.15, 0.2) is 30.3 Å². The van der Waals surface area contributed by atoms with Gasteiger partial charge in [0.2, 0.25) is 0 Å². The first-order valence-corrected chi connectivity index (χ1v) is 6.53. The Morgan fingerprint density at radius 1 is 1.20 bits per heavy atom. The number of benzene rings is 1. The average Bonchev–Trinajstić information content (AvgIpc) is 2.50. The van der Waals surface area contributed by atoms with Crippen molar-refractivity contribution < 1.29 is 19.0 Å². The van der Waals surface area contributed by atoms with Crippen molar-refractivity contribution in [1.82, 2.24) is 5.43 Å². The molecule has 112 valence electrons. The van der Waals surface area contributed by atoms with Crippen LogP contribution in [0.2, 0.25) is 0 Å². The number of nitrogens with one attached hydrogen (secondary N) is 1. The highest BCUT2D eigenvalue weighted by atomic mass is 16.5. The lowest BCUT2D eigenvalue weighted by molar-refractivity contribution is -0.134. The Kier molecular flexibility index (Phi) is 8.57. The Morgan fingerprint density at radius 3 is 2.60 bits per heavy atom. The van der Waals surface area contributed by atoms with Crippen LogP contribution in [0.5, 0.6) is 0 Å². The fraction of sp³-hybridized carbons (Fsp3) is 0.500. The normalized spacial score (nSPS) is 12.1. The van der Waals surface area contributed by atoms with Crippen molar-refractivity contribution in [1.29, 1.82) is 0 Å². The number of hydrogen-bond donors (Lipinski definition) is 2. The van der Waals surface area contributed by atoms with Gasteiger partial charge in [-0.2, -0.15) is 0 Å². The molecule has 0 bridgehead atoms. The van der Waals surface area contributed by atoms with Crippen LogP contribution in [0.4, 0.5) is 0 Å². The monoisotopic (exact) mass is 282 g/mol. The highest BCUT2D eigenvalue weighted by Gasteiger charge is 2.19. The number of carbonyl (C=O) groups excluding carboxylic acids is 1. The molecule has 6 nitrogen and oxygen atoms in total. The third-order valence-electron chi connectivity index (χ3n) is 2.63. The molecule has 1 rings (SSSR count). The third kappa shape index (κ3) is 6.12. The van der Waals surface area contributed by atoms with Gasteiger partial charge in [-0.1, -0.05) is 30.3 Å². The molecule has 1 aromatic carbocycles. The number of nitrogens with two attached hydrogens (primary N) is 1. The molecule has 6 heteroatoms. The van der Waals surface area contributed by atoms with E-state index in [1.54, 1.807) is 7.11 Å². The van der Waals surface area contributed by atoms with Crippen LogP contribution in [0, 0.1) is 0 Å². The van der Waals surface area contributed by atoms with Crippen LogP contribution in [-0.2, 0) is 19.0 Å². The zero-order chi connectivity index (χ0) is 14.6. The van der Waals surface area contributed by atoms with Gasteiger partial charge in [0.15, 0.2) is 6.10 Å². The maximum absolute atomic E-state index is 11.7. The first kappa shape index (κ1) is 16.6. The van der Waals surface area contributed by atoms with Gasteiger partial charge in [-0.3, -0.25) is 10.2 Å². The lowest BCUT2D eigenvalue weighted by Gasteiger charge is -2.16. The summed E-state index contributed by atoms with van der Waals surface area (Å²) in [6.07, 6.45) is 0.116. The largest absolute Gasteiger partial charge is 0.385 e. The van der Waals surface area contributed by atoms with Crippen molar-refractivity contribution in [3.63, 3.8) is 0 Å². The van der Waals surface area contributed by atoms with Crippen molar-refractivity contribution in [2.24, 2.45) is 5.84 Å². The number of hydrogen-bond acceptors (Lipinski definition) is 5. The second-order valence-electron chi connectivity index (χ2n) is 4.13. The van der Waals surface area contributed by atoms with Gasteiger partial charge in [0, 0.05) is 20.3 Å².